The quantitative estimate of drug-likeness (QED) is 0.123. The molecule has 1 aliphatic rings. The van der Waals surface area contributed by atoms with Crippen LogP contribution in [-0.4, -0.2) is 0 Å². The average Bonchev–Trinajstić information content (AvgIpc) is 3.45. The fourth-order valence-corrected chi connectivity index (χ4v) is 12.6. The lowest BCUT2D eigenvalue weighted by atomic mass is 9.72. The summed E-state index contributed by atoms with van der Waals surface area (Å²) in [6.45, 7) is 55.6. The smallest absolute Gasteiger partial charge is 0.221 e. The lowest BCUT2D eigenvalue weighted by molar-refractivity contribution is 0.417. The van der Waals surface area contributed by atoms with Crippen LogP contribution in [0.1, 0.15) is 256 Å². The van der Waals surface area contributed by atoms with Gasteiger partial charge in [-0.2, -0.15) is 0 Å². The Kier molecular flexibility index (Phi) is 15.3. The molecule has 0 fully saturated rings. The van der Waals surface area contributed by atoms with Gasteiger partial charge in [0.2, 0.25) is 11.5 Å². The lowest BCUT2D eigenvalue weighted by Crippen LogP contribution is -2.20. The standard InChI is InChI=1S/C78H96O3P/c1-71(2,3)53-33-49(34-54(43-53)72(4,5)6)65(50-35-55(73(7,8)9)44-56(36-50)74(10,11)12)63-41-47-29-25-27-31-61(47)67-68-62-32-28-26-30-48(62)42-64(70(68)81-82(79)80-69(63)67)66(51-37-57(75(13,14)15)45-58(38-51)76(16,17)18)52-39-59(77(19,20)21)46-60(40-52)78(22,23)24/h25-46,65-66H,1-24H3/q+1. The van der Waals surface area contributed by atoms with Crippen molar-refractivity contribution in [1.82, 2.24) is 0 Å². The molecule has 0 saturated heterocycles. The van der Waals surface area contributed by atoms with Crippen LogP contribution in [0.4, 0.5) is 0 Å². The first-order valence-corrected chi connectivity index (χ1v) is 31.3. The van der Waals surface area contributed by atoms with Gasteiger partial charge < -0.3 is 0 Å². The van der Waals surface area contributed by atoms with Crippen molar-refractivity contribution in [3.63, 3.8) is 0 Å². The van der Waals surface area contributed by atoms with E-state index in [1.807, 2.05) is 0 Å². The van der Waals surface area contributed by atoms with Gasteiger partial charge in [0.1, 0.15) is 0 Å². The predicted octanol–water partition coefficient (Wildman–Crippen LogP) is 22.8. The van der Waals surface area contributed by atoms with E-state index in [1.54, 1.807) is 0 Å². The monoisotopic (exact) mass is 1110 g/mol. The third-order valence-corrected chi connectivity index (χ3v) is 18.0. The molecule has 0 spiro atoms. The summed E-state index contributed by atoms with van der Waals surface area (Å²) >= 11 is 0. The second kappa shape index (κ2) is 20.6. The van der Waals surface area contributed by atoms with Crippen molar-refractivity contribution in [3.05, 3.63) is 211 Å². The molecule has 0 bridgehead atoms. The van der Waals surface area contributed by atoms with Crippen LogP contribution in [0.25, 0.3) is 32.7 Å². The zero-order valence-corrected chi connectivity index (χ0v) is 55.4. The molecule has 0 amide bonds. The molecule has 8 aromatic carbocycles. The SMILES string of the molecule is CC(C)(C)c1cc(C(c2cc(C(C)(C)C)cc(C(C)(C)C)c2)c2cc3ccccc3c3c2O[P+](=O)Oc2c(C(c4cc(C(C)(C)C)cc(C(C)(C)C)c4)c4cc(C(C)(C)C)cc(C(C)(C)C)c4)cc4ccccc4c2-3)cc(C(C)(C)C)c1. The van der Waals surface area contributed by atoms with Gasteiger partial charge in [-0.15, -0.1) is 0 Å². The van der Waals surface area contributed by atoms with Crippen molar-refractivity contribution in [1.29, 1.82) is 0 Å². The minimum Gasteiger partial charge on any atom is -0.221 e. The second-order valence-corrected chi connectivity index (χ2v) is 33.2. The molecular weight excluding hydrogens is 1020 g/mol. The zero-order chi connectivity index (χ0) is 60.4. The molecule has 0 radical (unpaired) electrons. The van der Waals surface area contributed by atoms with Crippen LogP contribution in [0.15, 0.2) is 133 Å². The fourth-order valence-electron chi connectivity index (χ4n) is 11.8. The van der Waals surface area contributed by atoms with Crippen molar-refractivity contribution in [2.75, 3.05) is 0 Å². The Morgan fingerprint density at radius 2 is 0.500 bits per heavy atom. The molecule has 1 aliphatic heterocycles. The zero-order valence-electron chi connectivity index (χ0n) is 54.5. The highest BCUT2D eigenvalue weighted by molar-refractivity contribution is 7.34. The molecule has 4 heteroatoms. The Bertz CT molecular complexity index is 3260. The molecule has 430 valence electrons. The summed E-state index contributed by atoms with van der Waals surface area (Å²) in [5.74, 6) is 0.496. The summed E-state index contributed by atoms with van der Waals surface area (Å²) < 4.78 is 30.2. The molecule has 0 atom stereocenters. The number of hydrogen-bond donors (Lipinski definition) is 0. The first kappa shape index (κ1) is 60.6. The van der Waals surface area contributed by atoms with Crippen molar-refractivity contribution in [2.24, 2.45) is 0 Å². The first-order valence-electron chi connectivity index (χ1n) is 30.2. The minimum absolute atomic E-state index is 0.150. The van der Waals surface area contributed by atoms with E-state index in [1.165, 1.54) is 66.8 Å². The number of rotatable bonds is 6. The maximum absolute atomic E-state index is 15.8. The van der Waals surface area contributed by atoms with E-state index in [4.69, 9.17) is 9.05 Å². The van der Waals surface area contributed by atoms with E-state index in [0.717, 1.165) is 43.8 Å². The van der Waals surface area contributed by atoms with Gasteiger partial charge >= 0.3 is 8.25 Å². The van der Waals surface area contributed by atoms with Crippen LogP contribution >= 0.6 is 8.25 Å². The Hall–Kier alpha value is -6.02. The van der Waals surface area contributed by atoms with Crippen molar-refractivity contribution in [2.45, 2.75) is 221 Å². The van der Waals surface area contributed by atoms with Crippen molar-refractivity contribution in [3.8, 4) is 22.6 Å². The third-order valence-electron chi connectivity index (χ3n) is 17.3. The Balaban J connectivity index is 1.51. The molecule has 0 aromatic heterocycles. The van der Waals surface area contributed by atoms with E-state index in [2.05, 4.69) is 300 Å². The van der Waals surface area contributed by atoms with Gasteiger partial charge in [0.15, 0.2) is 0 Å². The maximum atomic E-state index is 15.8. The second-order valence-electron chi connectivity index (χ2n) is 32.4. The van der Waals surface area contributed by atoms with E-state index >= 15 is 4.57 Å². The van der Waals surface area contributed by atoms with Crippen LogP contribution in [-0.2, 0) is 47.9 Å². The summed E-state index contributed by atoms with van der Waals surface area (Å²) in [6.07, 6.45) is 0. The number of fused-ring (bicyclic) bond motifs is 7. The molecule has 0 unspecified atom stereocenters. The van der Waals surface area contributed by atoms with E-state index in [-0.39, 0.29) is 55.2 Å². The Morgan fingerprint density at radius 1 is 0.293 bits per heavy atom. The molecule has 82 heavy (non-hydrogen) atoms. The summed E-state index contributed by atoms with van der Waals surface area (Å²) in [5.41, 5.74) is 17.4. The molecule has 8 aromatic rings. The molecule has 9 rings (SSSR count). The maximum Gasteiger partial charge on any atom is 0.805 e. The van der Waals surface area contributed by atoms with Gasteiger partial charge in [-0.3, -0.25) is 0 Å². The molecule has 1 heterocycles. The van der Waals surface area contributed by atoms with Gasteiger partial charge in [-0.1, -0.05) is 287 Å². The summed E-state index contributed by atoms with van der Waals surface area (Å²) in [6, 6.07) is 51.3. The first-order chi connectivity index (χ1) is 37.6. The highest BCUT2D eigenvalue weighted by Gasteiger charge is 2.43. The third kappa shape index (κ3) is 12.2. The summed E-state index contributed by atoms with van der Waals surface area (Å²) in [4.78, 5) is 0. The summed E-state index contributed by atoms with van der Waals surface area (Å²) in [5, 5.41) is 4.18. The molecule has 0 aliphatic carbocycles. The van der Waals surface area contributed by atoms with Gasteiger partial charge in [0.05, 0.1) is 0 Å². The highest BCUT2D eigenvalue weighted by atomic mass is 31.1. The normalized spacial score (nSPS) is 14.0. The van der Waals surface area contributed by atoms with Crippen molar-refractivity contribution < 1.29 is 13.6 Å². The minimum atomic E-state index is -2.81. The topological polar surface area (TPSA) is 35.5 Å². The lowest BCUT2D eigenvalue weighted by Gasteiger charge is -2.32. The van der Waals surface area contributed by atoms with Crippen LogP contribution in [0.2, 0.25) is 0 Å². The largest absolute Gasteiger partial charge is 0.805 e. The van der Waals surface area contributed by atoms with Crippen LogP contribution in [0.3, 0.4) is 0 Å². The molecule has 0 N–H and O–H groups in total. The van der Waals surface area contributed by atoms with E-state index < -0.39 is 8.25 Å². The molecular formula is C78H96O3P+. The van der Waals surface area contributed by atoms with Crippen LogP contribution in [0, 0.1) is 0 Å². The number of benzene rings is 8. The van der Waals surface area contributed by atoms with Gasteiger partial charge in [0.25, 0.3) is 0 Å². The molecule has 0 saturated carbocycles. The fraction of sp³-hybridized carbons (Fsp3) is 0.436. The average molecular weight is 1110 g/mol. The molecule has 3 nitrogen and oxygen atoms in total. The Morgan fingerprint density at radius 3 is 0.707 bits per heavy atom. The van der Waals surface area contributed by atoms with E-state index in [9.17, 15) is 0 Å². The Labute approximate surface area is 496 Å². The highest BCUT2D eigenvalue weighted by Crippen LogP contribution is 2.59. The predicted molar refractivity (Wildman–Crippen MR) is 353 cm³/mol. The number of hydrogen-bond acceptors (Lipinski definition) is 3. The van der Waals surface area contributed by atoms with Crippen LogP contribution < -0.4 is 9.05 Å². The van der Waals surface area contributed by atoms with Crippen LogP contribution in [0.5, 0.6) is 11.5 Å². The summed E-state index contributed by atoms with van der Waals surface area (Å²) in [7, 11) is -2.81. The van der Waals surface area contributed by atoms with E-state index in [0.29, 0.717) is 11.5 Å². The van der Waals surface area contributed by atoms with Gasteiger partial charge in [-0.25, -0.2) is 9.05 Å². The van der Waals surface area contributed by atoms with Gasteiger partial charge in [-0.05, 0) is 144 Å². The van der Waals surface area contributed by atoms with Crippen molar-refractivity contribution >= 4 is 29.8 Å². The van der Waals surface area contributed by atoms with Gasteiger partial charge in [0, 0.05) is 38.7 Å².